The van der Waals surface area contributed by atoms with Crippen LogP contribution in [0.4, 0.5) is 0 Å². The van der Waals surface area contributed by atoms with E-state index in [2.05, 4.69) is 32.9 Å². The molecule has 1 aliphatic carbocycles. The van der Waals surface area contributed by atoms with Crippen LogP contribution in [0.5, 0.6) is 0 Å². The number of rotatable bonds is 2. The molecule has 5 heteroatoms. The van der Waals surface area contributed by atoms with Crippen LogP contribution >= 0.6 is 0 Å². The highest BCUT2D eigenvalue weighted by Crippen LogP contribution is 2.32. The first-order valence-corrected chi connectivity index (χ1v) is 8.58. The van der Waals surface area contributed by atoms with Gasteiger partial charge in [-0.2, -0.15) is 0 Å². The standard InChI is InChI=1S/C18H28N4O/c1-18(2,3)11-22-15-10-9-14(12-5-7-13(19)8-6-12)20-16(15)21(4)17(22)23/h9-10,12-13H,5-8,11,19H2,1-4H3. The molecule has 1 saturated carbocycles. The van der Waals surface area contributed by atoms with Crippen molar-refractivity contribution in [1.29, 1.82) is 0 Å². The predicted octanol–water partition coefficient (Wildman–Crippen LogP) is 2.77. The summed E-state index contributed by atoms with van der Waals surface area (Å²) >= 11 is 0. The maximum absolute atomic E-state index is 12.6. The van der Waals surface area contributed by atoms with Crippen LogP contribution in [0.25, 0.3) is 11.2 Å². The number of aromatic nitrogens is 3. The summed E-state index contributed by atoms with van der Waals surface area (Å²) in [7, 11) is 1.82. The summed E-state index contributed by atoms with van der Waals surface area (Å²) in [4.78, 5) is 17.4. The predicted molar refractivity (Wildman–Crippen MR) is 93.6 cm³/mol. The smallest absolute Gasteiger partial charge is 0.328 e. The van der Waals surface area contributed by atoms with E-state index >= 15 is 0 Å². The molecular weight excluding hydrogens is 288 g/mol. The van der Waals surface area contributed by atoms with E-state index in [1.807, 2.05) is 11.6 Å². The third-order valence-corrected chi connectivity index (χ3v) is 4.82. The third kappa shape index (κ3) is 3.20. The van der Waals surface area contributed by atoms with E-state index in [0.29, 0.717) is 18.5 Å². The number of fused-ring (bicyclic) bond motifs is 1. The highest BCUT2D eigenvalue weighted by atomic mass is 16.1. The van der Waals surface area contributed by atoms with Gasteiger partial charge < -0.3 is 5.73 Å². The van der Waals surface area contributed by atoms with E-state index in [1.54, 1.807) is 4.57 Å². The van der Waals surface area contributed by atoms with Crippen LogP contribution in [-0.2, 0) is 13.6 Å². The van der Waals surface area contributed by atoms with Gasteiger partial charge >= 0.3 is 5.69 Å². The molecule has 0 aliphatic heterocycles. The van der Waals surface area contributed by atoms with E-state index in [1.165, 1.54) is 0 Å². The molecule has 23 heavy (non-hydrogen) atoms. The zero-order chi connectivity index (χ0) is 16.8. The van der Waals surface area contributed by atoms with Gasteiger partial charge in [0.1, 0.15) is 0 Å². The molecule has 0 atom stereocenters. The van der Waals surface area contributed by atoms with Crippen molar-refractivity contribution in [1.82, 2.24) is 14.1 Å². The second-order valence-corrected chi connectivity index (χ2v) is 8.18. The number of hydrogen-bond donors (Lipinski definition) is 1. The number of pyridine rings is 1. The van der Waals surface area contributed by atoms with Crippen LogP contribution in [0.1, 0.15) is 58.1 Å². The number of hydrogen-bond acceptors (Lipinski definition) is 3. The first-order chi connectivity index (χ1) is 10.8. The Bertz CT molecular complexity index is 758. The molecule has 126 valence electrons. The van der Waals surface area contributed by atoms with Crippen molar-refractivity contribution < 1.29 is 0 Å². The monoisotopic (exact) mass is 316 g/mol. The number of nitrogens with two attached hydrogens (primary N) is 1. The third-order valence-electron chi connectivity index (χ3n) is 4.82. The zero-order valence-electron chi connectivity index (χ0n) is 14.7. The molecule has 0 radical (unpaired) electrons. The van der Waals surface area contributed by atoms with E-state index in [9.17, 15) is 4.79 Å². The van der Waals surface area contributed by atoms with Crippen LogP contribution in [0.15, 0.2) is 16.9 Å². The molecule has 5 nitrogen and oxygen atoms in total. The molecule has 0 spiro atoms. The Balaban J connectivity index is 2.01. The molecule has 0 amide bonds. The van der Waals surface area contributed by atoms with Gasteiger partial charge in [-0.05, 0) is 43.2 Å². The van der Waals surface area contributed by atoms with E-state index in [0.717, 1.165) is 42.5 Å². The number of imidazole rings is 1. The molecule has 0 aromatic carbocycles. The first kappa shape index (κ1) is 16.2. The zero-order valence-corrected chi connectivity index (χ0v) is 14.7. The van der Waals surface area contributed by atoms with Gasteiger partial charge in [0.15, 0.2) is 5.65 Å². The maximum atomic E-state index is 12.6. The summed E-state index contributed by atoms with van der Waals surface area (Å²) in [5.41, 5.74) is 8.91. The molecule has 2 heterocycles. The van der Waals surface area contributed by atoms with E-state index in [4.69, 9.17) is 10.7 Å². The highest BCUT2D eigenvalue weighted by Gasteiger charge is 2.23. The quantitative estimate of drug-likeness (QED) is 0.926. The van der Waals surface area contributed by atoms with Gasteiger partial charge in [-0.15, -0.1) is 0 Å². The second kappa shape index (κ2) is 5.78. The fourth-order valence-electron chi connectivity index (χ4n) is 3.56. The lowest BCUT2D eigenvalue weighted by Gasteiger charge is -2.25. The summed E-state index contributed by atoms with van der Waals surface area (Å²) in [5.74, 6) is 0.472. The van der Waals surface area contributed by atoms with Crippen molar-refractivity contribution in [3.8, 4) is 0 Å². The van der Waals surface area contributed by atoms with Crippen molar-refractivity contribution in [2.75, 3.05) is 0 Å². The van der Waals surface area contributed by atoms with Crippen LogP contribution in [0.3, 0.4) is 0 Å². The Morgan fingerprint density at radius 1 is 1.22 bits per heavy atom. The Hall–Kier alpha value is -1.62. The molecule has 0 saturated heterocycles. The van der Waals surface area contributed by atoms with Crippen molar-refractivity contribution >= 4 is 11.2 Å². The maximum Gasteiger partial charge on any atom is 0.330 e. The average Bonchev–Trinajstić information content (AvgIpc) is 2.71. The Kier molecular flexibility index (Phi) is 4.08. The molecule has 1 aliphatic rings. The fourth-order valence-corrected chi connectivity index (χ4v) is 3.56. The van der Waals surface area contributed by atoms with E-state index < -0.39 is 0 Å². The number of nitrogens with zero attached hydrogens (tertiary/aromatic N) is 3. The average molecular weight is 316 g/mol. The lowest BCUT2D eigenvalue weighted by Crippen LogP contribution is -2.27. The molecule has 0 bridgehead atoms. The molecule has 1 fully saturated rings. The van der Waals surface area contributed by atoms with Gasteiger partial charge in [0.25, 0.3) is 0 Å². The topological polar surface area (TPSA) is 65.8 Å². The molecular formula is C18H28N4O. The molecule has 0 unspecified atom stereocenters. The number of aryl methyl sites for hydroxylation is 1. The molecule has 2 aromatic heterocycles. The van der Waals surface area contributed by atoms with Gasteiger partial charge in [-0.1, -0.05) is 20.8 Å². The van der Waals surface area contributed by atoms with Gasteiger partial charge in [0, 0.05) is 31.2 Å². The van der Waals surface area contributed by atoms with Crippen molar-refractivity contribution in [3.05, 3.63) is 28.3 Å². The lowest BCUT2D eigenvalue weighted by molar-refractivity contribution is 0.342. The fraction of sp³-hybridized carbons (Fsp3) is 0.667. The summed E-state index contributed by atoms with van der Waals surface area (Å²) < 4.78 is 3.53. The molecule has 3 rings (SSSR count). The minimum absolute atomic E-state index is 0.0187. The Morgan fingerprint density at radius 2 is 1.87 bits per heavy atom. The van der Waals surface area contributed by atoms with Crippen LogP contribution in [0.2, 0.25) is 0 Å². The Morgan fingerprint density at radius 3 is 2.48 bits per heavy atom. The second-order valence-electron chi connectivity index (χ2n) is 8.18. The SMILES string of the molecule is Cn1c(=O)n(CC(C)(C)C)c2ccc(C3CCC(N)CC3)nc21. The highest BCUT2D eigenvalue weighted by molar-refractivity contribution is 5.72. The lowest BCUT2D eigenvalue weighted by atomic mass is 9.84. The first-order valence-electron chi connectivity index (χ1n) is 8.58. The van der Waals surface area contributed by atoms with Gasteiger partial charge in [0.2, 0.25) is 0 Å². The van der Waals surface area contributed by atoms with Gasteiger partial charge in [0.05, 0.1) is 5.52 Å². The van der Waals surface area contributed by atoms with Crippen molar-refractivity contribution in [2.24, 2.45) is 18.2 Å². The van der Waals surface area contributed by atoms with Crippen molar-refractivity contribution in [2.45, 2.75) is 65.0 Å². The normalized spacial score (nSPS) is 22.7. The minimum Gasteiger partial charge on any atom is -0.328 e. The van der Waals surface area contributed by atoms with Crippen LogP contribution in [0, 0.1) is 5.41 Å². The molecule has 2 N–H and O–H groups in total. The van der Waals surface area contributed by atoms with Crippen LogP contribution < -0.4 is 11.4 Å². The van der Waals surface area contributed by atoms with Gasteiger partial charge in [-0.3, -0.25) is 9.13 Å². The van der Waals surface area contributed by atoms with Crippen molar-refractivity contribution in [3.63, 3.8) is 0 Å². The Labute approximate surface area is 137 Å². The van der Waals surface area contributed by atoms with E-state index in [-0.39, 0.29) is 11.1 Å². The summed E-state index contributed by atoms with van der Waals surface area (Å²) in [6.45, 7) is 7.13. The largest absolute Gasteiger partial charge is 0.330 e. The van der Waals surface area contributed by atoms with Gasteiger partial charge in [-0.25, -0.2) is 9.78 Å². The summed E-state index contributed by atoms with van der Waals surface area (Å²) in [6.07, 6.45) is 4.31. The molecule has 2 aromatic rings. The summed E-state index contributed by atoms with van der Waals surface area (Å²) in [5, 5.41) is 0. The van der Waals surface area contributed by atoms with Crippen LogP contribution in [-0.4, -0.2) is 20.2 Å². The minimum atomic E-state index is 0.0187. The summed E-state index contributed by atoms with van der Waals surface area (Å²) in [6, 6.07) is 4.51.